The summed E-state index contributed by atoms with van der Waals surface area (Å²) in [5, 5.41) is 1.23. The molecule has 0 spiro atoms. The van der Waals surface area contributed by atoms with Crippen molar-refractivity contribution >= 4 is 51.5 Å². The molecular formula is C9H7Cl2Po. The maximum absolute atomic E-state index is 5.86. The molecule has 1 aromatic carbocycles. The fraction of sp³-hybridized carbons (Fsp3) is 0.111. The summed E-state index contributed by atoms with van der Waals surface area (Å²) in [4.78, 5) is 0. The van der Waals surface area contributed by atoms with Crippen molar-refractivity contribution in [3.63, 3.8) is 0 Å². The van der Waals surface area contributed by atoms with Crippen LogP contribution in [0.5, 0.6) is 0 Å². The van der Waals surface area contributed by atoms with Crippen LogP contribution in [0.2, 0.25) is 10.0 Å². The number of rotatable bonds is 1. The summed E-state index contributed by atoms with van der Waals surface area (Å²) >= 11 is 13.1. The molecule has 0 nitrogen and oxygen atoms in total. The first-order valence-electron chi connectivity index (χ1n) is 3.44. The van der Waals surface area contributed by atoms with E-state index in [9.17, 15) is 0 Å². The monoisotopic (exact) mass is 394 g/mol. The normalized spacial score (nSPS) is 11.8. The first kappa shape index (κ1) is 10.5. The molecule has 1 rings (SSSR count). The van der Waals surface area contributed by atoms with Crippen molar-refractivity contribution in [1.82, 2.24) is 0 Å². The number of hydrogen-bond donors (Lipinski definition) is 0. The van der Waals surface area contributed by atoms with E-state index < -0.39 is 0 Å². The van der Waals surface area contributed by atoms with Crippen LogP contribution in [0.15, 0.2) is 24.3 Å². The first-order valence-corrected chi connectivity index (χ1v) is 5.78. The molecule has 1 radical (unpaired) electrons. The Bertz CT molecular complexity index is 318. The van der Waals surface area contributed by atoms with E-state index in [0.29, 0.717) is 10.0 Å². The van der Waals surface area contributed by atoms with Crippen LogP contribution in [0.1, 0.15) is 12.5 Å². The first-order chi connectivity index (χ1) is 5.65. The van der Waals surface area contributed by atoms with Gasteiger partial charge in [0, 0.05) is 0 Å². The predicted octanol–water partition coefficient (Wildman–Crippen LogP) is 3.52. The third kappa shape index (κ3) is 2.46. The summed E-state index contributed by atoms with van der Waals surface area (Å²) in [6.07, 6.45) is 2.08. The minimum absolute atomic E-state index is 0.610. The summed E-state index contributed by atoms with van der Waals surface area (Å²) in [5.74, 6) is 0. The summed E-state index contributed by atoms with van der Waals surface area (Å²) < 4.78 is 1.29. The van der Waals surface area contributed by atoms with Gasteiger partial charge in [-0.2, -0.15) is 0 Å². The van der Waals surface area contributed by atoms with E-state index in [2.05, 4.69) is 6.08 Å². The zero-order chi connectivity index (χ0) is 9.14. The van der Waals surface area contributed by atoms with Gasteiger partial charge < -0.3 is 0 Å². The summed E-state index contributed by atoms with van der Waals surface area (Å²) in [6.45, 7) is 2.02. The van der Waals surface area contributed by atoms with Crippen molar-refractivity contribution in [2.24, 2.45) is 0 Å². The van der Waals surface area contributed by atoms with Crippen LogP contribution < -0.4 is 0 Å². The molecule has 0 fully saturated rings. The van der Waals surface area contributed by atoms with Crippen molar-refractivity contribution in [2.75, 3.05) is 0 Å². The van der Waals surface area contributed by atoms with E-state index >= 15 is 0 Å². The van der Waals surface area contributed by atoms with Gasteiger partial charge in [-0.1, -0.05) is 0 Å². The molecule has 0 aliphatic rings. The summed E-state index contributed by atoms with van der Waals surface area (Å²) in [6, 6.07) is 5.70. The van der Waals surface area contributed by atoms with Crippen LogP contribution in [-0.4, -0.2) is 25.1 Å². The molecule has 0 unspecified atom stereocenters. The fourth-order valence-electron chi connectivity index (χ4n) is 0.816. The topological polar surface area (TPSA) is 0 Å². The average Bonchev–Trinajstić information content (AvgIpc) is 2.08. The van der Waals surface area contributed by atoms with E-state index in [-0.39, 0.29) is 0 Å². The number of benzene rings is 1. The second kappa shape index (κ2) is 4.61. The van der Waals surface area contributed by atoms with E-state index in [1.807, 2.05) is 25.1 Å². The molecule has 12 heavy (non-hydrogen) atoms. The molecular weight excluding hydrogens is 388 g/mol. The second-order valence-electron chi connectivity index (χ2n) is 2.28. The molecule has 0 N–H and O–H groups in total. The molecule has 0 heterocycles. The van der Waals surface area contributed by atoms with Gasteiger partial charge >= 0.3 is 98.3 Å². The standard InChI is InChI=1S/C9H7Cl2.Po/c1-2-3-7-4-5-8(10)9(11)6-7;/h2,4-6H,1H3;. The zero-order valence-corrected chi connectivity index (χ0v) is 11.2. The summed E-state index contributed by atoms with van der Waals surface area (Å²) in [7, 11) is 0. The molecule has 63 valence electrons. The van der Waals surface area contributed by atoms with E-state index in [1.165, 1.54) is 28.3 Å². The molecule has 0 atom stereocenters. The third-order valence-electron chi connectivity index (χ3n) is 1.47. The van der Waals surface area contributed by atoms with Crippen molar-refractivity contribution in [3.8, 4) is 0 Å². The van der Waals surface area contributed by atoms with Gasteiger partial charge in [0.05, 0.1) is 0 Å². The Hall–Kier alpha value is 0.436. The average molecular weight is 395 g/mol. The van der Waals surface area contributed by atoms with E-state index in [1.54, 1.807) is 0 Å². The Labute approximate surface area is 97.7 Å². The van der Waals surface area contributed by atoms with Crippen LogP contribution in [0, 0.1) is 0 Å². The second-order valence-corrected chi connectivity index (χ2v) is 4.81. The molecule has 0 aliphatic heterocycles. The van der Waals surface area contributed by atoms with E-state index in [4.69, 9.17) is 23.2 Å². The van der Waals surface area contributed by atoms with Crippen molar-refractivity contribution in [2.45, 2.75) is 6.92 Å². The molecule has 0 amide bonds. The van der Waals surface area contributed by atoms with E-state index in [0.717, 1.165) is 5.56 Å². The van der Waals surface area contributed by atoms with Gasteiger partial charge in [-0.25, -0.2) is 0 Å². The number of hydrogen-bond acceptors (Lipinski definition) is 0. The third-order valence-corrected chi connectivity index (χ3v) is 4.04. The Balaban J connectivity index is 3.13. The molecule has 1 aromatic rings. The molecule has 3 heteroatoms. The van der Waals surface area contributed by atoms with Gasteiger partial charge in [0.15, 0.2) is 0 Å². The van der Waals surface area contributed by atoms with Crippen LogP contribution in [0.4, 0.5) is 0 Å². The van der Waals surface area contributed by atoms with Gasteiger partial charge in [-0.3, -0.25) is 0 Å². The van der Waals surface area contributed by atoms with Crippen molar-refractivity contribution in [1.29, 1.82) is 0 Å². The molecule has 0 saturated carbocycles. The Morgan fingerprint density at radius 2 is 2.00 bits per heavy atom. The van der Waals surface area contributed by atoms with Crippen LogP contribution in [-0.2, 0) is 0 Å². The van der Waals surface area contributed by atoms with Crippen LogP contribution >= 0.6 is 23.2 Å². The Morgan fingerprint density at radius 1 is 1.33 bits per heavy atom. The number of allylic oxidation sites excluding steroid dienone is 1. The quantitative estimate of drug-likeness (QED) is 0.683. The van der Waals surface area contributed by atoms with Crippen molar-refractivity contribution in [3.05, 3.63) is 39.9 Å². The Kier molecular flexibility index (Phi) is 4.04. The van der Waals surface area contributed by atoms with Gasteiger partial charge in [-0.05, 0) is 0 Å². The summed E-state index contributed by atoms with van der Waals surface area (Å²) in [5.41, 5.74) is 1.15. The van der Waals surface area contributed by atoms with Gasteiger partial charge in [0.2, 0.25) is 0 Å². The molecule has 0 aliphatic carbocycles. The Morgan fingerprint density at radius 3 is 2.50 bits per heavy atom. The molecule has 0 saturated heterocycles. The molecule has 0 bridgehead atoms. The minimum atomic E-state index is 0.610. The fourth-order valence-corrected chi connectivity index (χ4v) is 1.61. The maximum atomic E-state index is 5.86. The SMILES string of the molecule is C/C=[C](/[Po])c1ccc(Cl)c(Cl)c1. The van der Waals surface area contributed by atoms with Gasteiger partial charge in [-0.15, -0.1) is 0 Å². The zero-order valence-electron chi connectivity index (χ0n) is 6.47. The van der Waals surface area contributed by atoms with Gasteiger partial charge in [0.25, 0.3) is 0 Å². The molecule has 0 aromatic heterocycles. The van der Waals surface area contributed by atoms with Gasteiger partial charge in [0.1, 0.15) is 0 Å². The number of halogens is 2. The van der Waals surface area contributed by atoms with Crippen molar-refractivity contribution < 1.29 is 0 Å². The predicted molar refractivity (Wildman–Crippen MR) is 55.9 cm³/mol. The van der Waals surface area contributed by atoms with Crippen LogP contribution in [0.3, 0.4) is 0 Å². The van der Waals surface area contributed by atoms with Crippen LogP contribution in [0.25, 0.3) is 3.23 Å².